The number of hydrogen-bond acceptors (Lipinski definition) is 3. The fraction of sp³-hybridized carbons (Fsp3) is 0.636. The van der Waals surface area contributed by atoms with Crippen LogP contribution in [0.3, 0.4) is 0 Å². The maximum atomic E-state index is 6.09. The molecular formula is C11H16ClNOS. The van der Waals surface area contributed by atoms with E-state index in [4.69, 9.17) is 22.1 Å². The van der Waals surface area contributed by atoms with Crippen LogP contribution in [0.4, 0.5) is 0 Å². The molecule has 0 aromatic carbocycles. The first kappa shape index (κ1) is 11.4. The molecule has 1 fully saturated rings. The predicted octanol–water partition coefficient (Wildman–Crippen LogP) is 3.36. The number of rotatable bonds is 4. The Morgan fingerprint density at radius 2 is 2.53 bits per heavy atom. The lowest BCUT2D eigenvalue weighted by molar-refractivity contribution is 0.101. The van der Waals surface area contributed by atoms with E-state index in [-0.39, 0.29) is 6.04 Å². The topological polar surface area (TPSA) is 35.2 Å². The van der Waals surface area contributed by atoms with Crippen molar-refractivity contribution < 1.29 is 4.74 Å². The lowest BCUT2D eigenvalue weighted by Gasteiger charge is -2.13. The van der Waals surface area contributed by atoms with Crippen LogP contribution in [-0.2, 0) is 4.74 Å². The van der Waals surface area contributed by atoms with Gasteiger partial charge in [-0.15, -0.1) is 11.3 Å². The zero-order chi connectivity index (χ0) is 10.7. The van der Waals surface area contributed by atoms with Crippen LogP contribution in [0.5, 0.6) is 0 Å². The average Bonchev–Trinajstić information content (AvgIpc) is 2.84. The summed E-state index contributed by atoms with van der Waals surface area (Å²) in [5.41, 5.74) is 6.09. The van der Waals surface area contributed by atoms with Gasteiger partial charge in [0, 0.05) is 17.5 Å². The summed E-state index contributed by atoms with van der Waals surface area (Å²) < 4.78 is 5.57. The van der Waals surface area contributed by atoms with Crippen LogP contribution in [0.15, 0.2) is 11.4 Å². The maximum absolute atomic E-state index is 6.09. The van der Waals surface area contributed by atoms with Crippen LogP contribution in [-0.4, -0.2) is 12.7 Å². The van der Waals surface area contributed by atoms with E-state index in [9.17, 15) is 0 Å². The van der Waals surface area contributed by atoms with Crippen molar-refractivity contribution in [2.24, 2.45) is 5.73 Å². The summed E-state index contributed by atoms with van der Waals surface area (Å²) in [5, 5.41) is 2.80. The normalized spacial score (nSPS) is 23.2. The zero-order valence-electron chi connectivity index (χ0n) is 8.62. The second-order valence-corrected chi connectivity index (χ2v) is 5.31. The van der Waals surface area contributed by atoms with E-state index in [2.05, 4.69) is 0 Å². The van der Waals surface area contributed by atoms with Gasteiger partial charge in [-0.25, -0.2) is 0 Å². The number of nitrogens with two attached hydrogens (primary N) is 1. The molecule has 2 heterocycles. The summed E-state index contributed by atoms with van der Waals surface area (Å²) in [7, 11) is 0. The molecule has 4 heteroatoms. The number of hydrogen-bond donors (Lipinski definition) is 1. The van der Waals surface area contributed by atoms with Crippen LogP contribution < -0.4 is 5.73 Å². The standard InChI is InChI=1S/C11H16ClNOS/c12-9-5-7-15-11(9)10(13)4-3-8-2-1-6-14-8/h5,7-8,10H,1-4,6,13H2. The first-order valence-electron chi connectivity index (χ1n) is 5.37. The molecule has 2 rings (SSSR count). The monoisotopic (exact) mass is 245 g/mol. The van der Waals surface area contributed by atoms with Crippen LogP contribution in [0.25, 0.3) is 0 Å². The molecule has 1 aromatic heterocycles. The third-order valence-electron chi connectivity index (χ3n) is 2.81. The molecule has 2 unspecified atom stereocenters. The number of thiophene rings is 1. The quantitative estimate of drug-likeness (QED) is 0.883. The lowest BCUT2D eigenvalue weighted by atomic mass is 10.1. The Morgan fingerprint density at radius 3 is 3.13 bits per heavy atom. The third kappa shape index (κ3) is 2.94. The van der Waals surface area contributed by atoms with Gasteiger partial charge in [0.25, 0.3) is 0 Å². The zero-order valence-corrected chi connectivity index (χ0v) is 10.2. The molecule has 1 saturated heterocycles. The summed E-state index contributed by atoms with van der Waals surface area (Å²) >= 11 is 7.67. The average molecular weight is 246 g/mol. The Morgan fingerprint density at radius 1 is 1.67 bits per heavy atom. The molecule has 1 aliphatic rings. The van der Waals surface area contributed by atoms with Crippen molar-refractivity contribution in [3.05, 3.63) is 21.3 Å². The Bertz CT molecular complexity index is 309. The molecular weight excluding hydrogens is 230 g/mol. The van der Waals surface area contributed by atoms with Gasteiger partial charge in [0.15, 0.2) is 0 Å². The SMILES string of the molecule is NC(CCC1CCCO1)c1sccc1Cl. The van der Waals surface area contributed by atoms with E-state index in [1.807, 2.05) is 11.4 Å². The summed E-state index contributed by atoms with van der Waals surface area (Å²) in [6.45, 7) is 0.916. The Labute approximate surface area is 99.4 Å². The summed E-state index contributed by atoms with van der Waals surface area (Å²) in [6, 6.07) is 1.98. The predicted molar refractivity (Wildman–Crippen MR) is 64.5 cm³/mol. The van der Waals surface area contributed by atoms with Gasteiger partial charge in [0.05, 0.1) is 11.1 Å². The summed E-state index contributed by atoms with van der Waals surface area (Å²) in [4.78, 5) is 1.11. The molecule has 0 spiro atoms. The van der Waals surface area contributed by atoms with Crippen molar-refractivity contribution in [1.29, 1.82) is 0 Å². The molecule has 2 nitrogen and oxygen atoms in total. The molecule has 0 aliphatic carbocycles. The second-order valence-electron chi connectivity index (χ2n) is 3.95. The molecule has 0 bridgehead atoms. The minimum absolute atomic E-state index is 0.0710. The van der Waals surface area contributed by atoms with Gasteiger partial charge in [0.1, 0.15) is 0 Å². The number of ether oxygens (including phenoxy) is 1. The van der Waals surface area contributed by atoms with Crippen LogP contribution >= 0.6 is 22.9 Å². The molecule has 1 aliphatic heterocycles. The molecule has 0 amide bonds. The van der Waals surface area contributed by atoms with Crippen molar-refractivity contribution in [3.63, 3.8) is 0 Å². The van der Waals surface area contributed by atoms with E-state index < -0.39 is 0 Å². The Balaban J connectivity index is 1.81. The van der Waals surface area contributed by atoms with Gasteiger partial charge < -0.3 is 10.5 Å². The minimum Gasteiger partial charge on any atom is -0.378 e. The highest BCUT2D eigenvalue weighted by atomic mass is 35.5. The highest BCUT2D eigenvalue weighted by Gasteiger charge is 2.18. The van der Waals surface area contributed by atoms with E-state index in [1.165, 1.54) is 12.8 Å². The second kappa shape index (κ2) is 5.30. The molecule has 15 heavy (non-hydrogen) atoms. The largest absolute Gasteiger partial charge is 0.378 e. The summed E-state index contributed by atoms with van der Waals surface area (Å²) in [5.74, 6) is 0. The Hall–Kier alpha value is -0.0900. The first-order chi connectivity index (χ1) is 7.27. The van der Waals surface area contributed by atoms with Crippen molar-refractivity contribution in [1.82, 2.24) is 0 Å². The van der Waals surface area contributed by atoms with Gasteiger partial charge in [-0.05, 0) is 37.1 Å². The molecule has 0 saturated carbocycles. The van der Waals surface area contributed by atoms with E-state index >= 15 is 0 Å². The molecule has 2 N–H and O–H groups in total. The fourth-order valence-electron chi connectivity index (χ4n) is 1.94. The third-order valence-corrected chi connectivity index (χ3v) is 4.30. The van der Waals surface area contributed by atoms with Gasteiger partial charge in [-0.1, -0.05) is 11.6 Å². The van der Waals surface area contributed by atoms with E-state index in [0.717, 1.165) is 29.3 Å². The van der Waals surface area contributed by atoms with Crippen LogP contribution in [0, 0.1) is 0 Å². The maximum Gasteiger partial charge on any atom is 0.0576 e. The fourth-order valence-corrected chi connectivity index (χ4v) is 3.17. The molecule has 1 aromatic rings. The van der Waals surface area contributed by atoms with E-state index in [1.54, 1.807) is 11.3 Å². The summed E-state index contributed by atoms with van der Waals surface area (Å²) in [6.07, 6.45) is 4.82. The van der Waals surface area contributed by atoms with Crippen molar-refractivity contribution in [3.8, 4) is 0 Å². The van der Waals surface area contributed by atoms with Crippen molar-refractivity contribution in [2.75, 3.05) is 6.61 Å². The highest BCUT2D eigenvalue weighted by Crippen LogP contribution is 2.31. The molecule has 84 valence electrons. The van der Waals surface area contributed by atoms with Gasteiger partial charge >= 0.3 is 0 Å². The molecule has 0 radical (unpaired) electrons. The van der Waals surface area contributed by atoms with Crippen LogP contribution in [0.2, 0.25) is 5.02 Å². The Kier molecular flexibility index (Phi) is 4.03. The highest BCUT2D eigenvalue weighted by molar-refractivity contribution is 7.10. The minimum atomic E-state index is 0.0710. The van der Waals surface area contributed by atoms with Gasteiger partial charge in [-0.3, -0.25) is 0 Å². The lowest BCUT2D eigenvalue weighted by Crippen LogP contribution is -2.13. The van der Waals surface area contributed by atoms with Gasteiger partial charge in [-0.2, -0.15) is 0 Å². The van der Waals surface area contributed by atoms with Crippen molar-refractivity contribution >= 4 is 22.9 Å². The van der Waals surface area contributed by atoms with Crippen molar-refractivity contribution in [2.45, 2.75) is 37.8 Å². The number of halogens is 1. The van der Waals surface area contributed by atoms with E-state index in [0.29, 0.717) is 6.10 Å². The van der Waals surface area contributed by atoms with Gasteiger partial charge in [0.2, 0.25) is 0 Å². The smallest absolute Gasteiger partial charge is 0.0576 e. The first-order valence-corrected chi connectivity index (χ1v) is 6.63. The van der Waals surface area contributed by atoms with Crippen LogP contribution in [0.1, 0.15) is 36.6 Å². The molecule has 2 atom stereocenters.